The highest BCUT2D eigenvalue weighted by Crippen LogP contribution is 2.46. The molecule has 22 heavy (non-hydrogen) atoms. The first-order valence-corrected chi connectivity index (χ1v) is 7.38. The lowest BCUT2D eigenvalue weighted by Crippen LogP contribution is -2.31. The number of amides is 1. The van der Waals surface area contributed by atoms with E-state index in [1.807, 2.05) is 13.0 Å². The van der Waals surface area contributed by atoms with Crippen molar-refractivity contribution in [1.82, 2.24) is 0 Å². The van der Waals surface area contributed by atoms with Crippen LogP contribution in [0.25, 0.3) is 0 Å². The Morgan fingerprint density at radius 2 is 2.00 bits per heavy atom. The number of ether oxygens (including phenoxy) is 2. The minimum Gasteiger partial charge on any atom is -0.480 e. The molecule has 2 N–H and O–H groups in total. The van der Waals surface area contributed by atoms with E-state index < -0.39 is 17.3 Å². The van der Waals surface area contributed by atoms with Crippen molar-refractivity contribution < 1.29 is 24.2 Å². The van der Waals surface area contributed by atoms with Crippen molar-refractivity contribution >= 4 is 17.6 Å². The second-order valence-corrected chi connectivity index (χ2v) is 5.29. The molecule has 2 rings (SSSR count). The predicted molar refractivity (Wildman–Crippen MR) is 80.5 cm³/mol. The van der Waals surface area contributed by atoms with Crippen LogP contribution in [0.15, 0.2) is 24.3 Å². The van der Waals surface area contributed by atoms with Crippen LogP contribution in [0.2, 0.25) is 0 Å². The number of carbonyl (C=O) groups is 2. The minimum absolute atomic E-state index is 0.397. The topological polar surface area (TPSA) is 84.9 Å². The van der Waals surface area contributed by atoms with Gasteiger partial charge in [-0.05, 0) is 37.5 Å². The van der Waals surface area contributed by atoms with Crippen molar-refractivity contribution in [2.75, 3.05) is 25.1 Å². The van der Waals surface area contributed by atoms with Gasteiger partial charge in [-0.25, -0.2) is 0 Å². The molecule has 0 heterocycles. The van der Waals surface area contributed by atoms with Crippen LogP contribution in [0.3, 0.4) is 0 Å². The number of hydrogen-bond donors (Lipinski definition) is 2. The summed E-state index contributed by atoms with van der Waals surface area (Å²) in [6.07, 6.45) is 0.794. The summed E-state index contributed by atoms with van der Waals surface area (Å²) >= 11 is 0. The summed E-state index contributed by atoms with van der Waals surface area (Å²) in [6.45, 7) is 4.06. The first-order chi connectivity index (χ1) is 10.6. The van der Waals surface area contributed by atoms with E-state index >= 15 is 0 Å². The summed E-state index contributed by atoms with van der Waals surface area (Å²) in [5.41, 5.74) is 0.266. The Morgan fingerprint density at radius 3 is 2.64 bits per heavy atom. The largest absolute Gasteiger partial charge is 0.480 e. The van der Waals surface area contributed by atoms with E-state index in [1.54, 1.807) is 18.2 Å². The summed E-state index contributed by atoms with van der Waals surface area (Å²) in [6, 6.07) is 7.22. The van der Waals surface area contributed by atoms with E-state index in [0.29, 0.717) is 45.0 Å². The number of aliphatic carboxylic acids is 1. The molecule has 1 fully saturated rings. The van der Waals surface area contributed by atoms with E-state index in [1.165, 1.54) is 0 Å². The minimum atomic E-state index is -1.23. The highest BCUT2D eigenvalue weighted by molar-refractivity contribution is 6.10. The molecule has 1 amide bonds. The zero-order valence-electron chi connectivity index (χ0n) is 12.6. The summed E-state index contributed by atoms with van der Waals surface area (Å²) < 4.78 is 10.6. The van der Waals surface area contributed by atoms with Gasteiger partial charge in [0.2, 0.25) is 5.91 Å². The van der Waals surface area contributed by atoms with Gasteiger partial charge in [0.05, 0.1) is 19.8 Å². The lowest BCUT2D eigenvalue weighted by Gasteiger charge is -2.12. The molecule has 1 aromatic carbocycles. The zero-order chi connectivity index (χ0) is 16.0. The van der Waals surface area contributed by atoms with Crippen LogP contribution in [0.1, 0.15) is 25.3 Å². The Balaban J connectivity index is 1.86. The first kappa shape index (κ1) is 16.5. The first-order valence-electron chi connectivity index (χ1n) is 7.38. The quantitative estimate of drug-likeness (QED) is 0.539. The van der Waals surface area contributed by atoms with Gasteiger partial charge < -0.3 is 19.9 Å². The van der Waals surface area contributed by atoms with Crippen LogP contribution >= 0.6 is 0 Å². The monoisotopic (exact) mass is 307 g/mol. The Bertz CT molecular complexity index is 539. The van der Waals surface area contributed by atoms with Gasteiger partial charge in [-0.15, -0.1) is 0 Å². The van der Waals surface area contributed by atoms with Crippen molar-refractivity contribution in [3.05, 3.63) is 29.8 Å². The number of carbonyl (C=O) groups excluding carboxylic acids is 1. The SMILES string of the molecule is CCOCCOCc1cccc(NC(=O)C2(C(=O)O)CC2)c1. The van der Waals surface area contributed by atoms with Gasteiger partial charge in [-0.3, -0.25) is 9.59 Å². The maximum absolute atomic E-state index is 12.0. The molecule has 1 aromatic rings. The summed E-state index contributed by atoms with van der Waals surface area (Å²) in [5, 5.41) is 11.8. The van der Waals surface area contributed by atoms with Gasteiger partial charge in [0.25, 0.3) is 0 Å². The van der Waals surface area contributed by atoms with E-state index in [0.717, 1.165) is 5.56 Å². The van der Waals surface area contributed by atoms with Gasteiger partial charge >= 0.3 is 5.97 Å². The number of carboxylic acids is 1. The van der Waals surface area contributed by atoms with Crippen molar-refractivity contribution in [3.63, 3.8) is 0 Å². The Hall–Kier alpha value is -1.92. The van der Waals surface area contributed by atoms with Gasteiger partial charge in [0.15, 0.2) is 0 Å². The standard InChI is InChI=1S/C16H21NO5/c1-2-21-8-9-22-11-12-4-3-5-13(10-12)17-14(18)16(6-7-16)15(19)20/h3-5,10H,2,6-9,11H2,1H3,(H,17,18)(H,19,20). The maximum Gasteiger partial charge on any atom is 0.319 e. The number of hydrogen-bond acceptors (Lipinski definition) is 4. The third-order valence-electron chi connectivity index (χ3n) is 3.62. The molecule has 0 atom stereocenters. The number of anilines is 1. The fraction of sp³-hybridized carbons (Fsp3) is 0.500. The molecule has 1 aliphatic carbocycles. The van der Waals surface area contributed by atoms with E-state index in [4.69, 9.17) is 14.6 Å². The van der Waals surface area contributed by atoms with Crippen LogP contribution in [-0.4, -0.2) is 36.8 Å². The van der Waals surface area contributed by atoms with Gasteiger partial charge in [0.1, 0.15) is 5.41 Å². The van der Waals surface area contributed by atoms with E-state index in [-0.39, 0.29) is 0 Å². The van der Waals surface area contributed by atoms with Crippen molar-refractivity contribution in [1.29, 1.82) is 0 Å². The van der Waals surface area contributed by atoms with Gasteiger partial charge in [-0.1, -0.05) is 12.1 Å². The van der Waals surface area contributed by atoms with Crippen LogP contribution < -0.4 is 5.32 Å². The van der Waals surface area contributed by atoms with Crippen LogP contribution in [0.4, 0.5) is 5.69 Å². The molecule has 6 heteroatoms. The van der Waals surface area contributed by atoms with Crippen molar-refractivity contribution in [2.24, 2.45) is 5.41 Å². The summed E-state index contributed by atoms with van der Waals surface area (Å²) in [5.74, 6) is -1.50. The van der Waals surface area contributed by atoms with Gasteiger partial charge in [-0.2, -0.15) is 0 Å². The van der Waals surface area contributed by atoms with Gasteiger partial charge in [0, 0.05) is 12.3 Å². The molecule has 0 spiro atoms. The molecular formula is C16H21NO5. The molecule has 0 aromatic heterocycles. The molecule has 120 valence electrons. The summed E-state index contributed by atoms with van der Waals surface area (Å²) in [4.78, 5) is 23.2. The molecule has 0 bridgehead atoms. The molecule has 0 unspecified atom stereocenters. The highest BCUT2D eigenvalue weighted by Gasteiger charge is 2.57. The molecule has 6 nitrogen and oxygen atoms in total. The molecule has 1 saturated carbocycles. The fourth-order valence-electron chi connectivity index (χ4n) is 2.10. The second kappa shape index (κ2) is 7.38. The molecule has 0 aliphatic heterocycles. The third-order valence-corrected chi connectivity index (χ3v) is 3.62. The highest BCUT2D eigenvalue weighted by atomic mass is 16.5. The van der Waals surface area contributed by atoms with Crippen LogP contribution in [-0.2, 0) is 25.7 Å². The van der Waals surface area contributed by atoms with Crippen molar-refractivity contribution in [2.45, 2.75) is 26.4 Å². The lowest BCUT2D eigenvalue weighted by molar-refractivity contribution is -0.147. The Morgan fingerprint density at radius 1 is 1.27 bits per heavy atom. The maximum atomic E-state index is 12.0. The Kier molecular flexibility index (Phi) is 5.51. The third kappa shape index (κ3) is 4.05. The zero-order valence-corrected chi connectivity index (χ0v) is 12.6. The molecule has 0 radical (unpaired) electrons. The summed E-state index contributed by atoms with van der Waals surface area (Å²) in [7, 11) is 0. The lowest BCUT2D eigenvalue weighted by atomic mass is 10.1. The average molecular weight is 307 g/mol. The van der Waals surface area contributed by atoms with E-state index in [9.17, 15) is 9.59 Å². The van der Waals surface area contributed by atoms with Crippen LogP contribution in [0.5, 0.6) is 0 Å². The van der Waals surface area contributed by atoms with Crippen LogP contribution in [0, 0.1) is 5.41 Å². The average Bonchev–Trinajstić information content (AvgIpc) is 3.29. The molecule has 0 saturated heterocycles. The number of rotatable bonds is 9. The van der Waals surface area contributed by atoms with E-state index in [2.05, 4.69) is 5.32 Å². The fourth-order valence-corrected chi connectivity index (χ4v) is 2.10. The second-order valence-electron chi connectivity index (χ2n) is 5.29. The predicted octanol–water partition coefficient (Wildman–Crippen LogP) is 2.04. The smallest absolute Gasteiger partial charge is 0.319 e. The normalized spacial score (nSPS) is 15.3. The molecule has 1 aliphatic rings. The molecular weight excluding hydrogens is 286 g/mol. The Labute approximate surface area is 129 Å². The van der Waals surface area contributed by atoms with Crippen molar-refractivity contribution in [3.8, 4) is 0 Å². The number of benzene rings is 1. The number of carboxylic acid groups (broad SMARTS) is 1. The number of nitrogens with one attached hydrogen (secondary N) is 1.